The number of benzene rings is 2. The molecule has 23 heavy (non-hydrogen) atoms. The van der Waals surface area contributed by atoms with Gasteiger partial charge in [-0.1, -0.05) is 48.0 Å². The van der Waals surface area contributed by atoms with Crippen molar-refractivity contribution in [3.63, 3.8) is 0 Å². The van der Waals surface area contributed by atoms with Gasteiger partial charge in [-0.25, -0.2) is 4.79 Å². The molecule has 0 bridgehead atoms. The zero-order valence-corrected chi connectivity index (χ0v) is 14.5. The minimum absolute atomic E-state index is 0.381. The summed E-state index contributed by atoms with van der Waals surface area (Å²) in [7, 11) is 0. The molecule has 2 aromatic carbocycles. The van der Waals surface area contributed by atoms with Crippen LogP contribution < -0.4 is 5.32 Å². The van der Waals surface area contributed by atoms with Crippen molar-refractivity contribution < 1.29 is 9.53 Å². The van der Waals surface area contributed by atoms with Gasteiger partial charge in [0.1, 0.15) is 5.60 Å². The van der Waals surface area contributed by atoms with Crippen LogP contribution >= 0.6 is 11.6 Å². The van der Waals surface area contributed by atoms with Gasteiger partial charge in [-0.15, -0.1) is 0 Å². The third-order valence-corrected chi connectivity index (χ3v) is 3.43. The van der Waals surface area contributed by atoms with Crippen LogP contribution in [-0.4, -0.2) is 18.2 Å². The molecule has 1 amide bonds. The maximum absolute atomic E-state index is 11.6. The second kappa shape index (κ2) is 7.51. The highest BCUT2D eigenvalue weighted by molar-refractivity contribution is 6.30. The lowest BCUT2D eigenvalue weighted by Crippen LogP contribution is -2.33. The molecular formula is C19H22ClNO2. The van der Waals surface area contributed by atoms with Crippen molar-refractivity contribution in [2.24, 2.45) is 0 Å². The maximum atomic E-state index is 11.6. The number of ether oxygens (including phenoxy) is 1. The molecule has 0 spiro atoms. The van der Waals surface area contributed by atoms with Crippen molar-refractivity contribution in [3.8, 4) is 11.1 Å². The van der Waals surface area contributed by atoms with Crippen molar-refractivity contribution in [1.82, 2.24) is 5.32 Å². The van der Waals surface area contributed by atoms with E-state index in [0.717, 1.165) is 28.1 Å². The van der Waals surface area contributed by atoms with Crippen molar-refractivity contribution >= 4 is 17.7 Å². The molecule has 0 aliphatic heterocycles. The molecule has 1 N–H and O–H groups in total. The fraction of sp³-hybridized carbons (Fsp3) is 0.316. The minimum atomic E-state index is -0.470. The van der Waals surface area contributed by atoms with E-state index in [2.05, 4.69) is 29.6 Å². The molecular weight excluding hydrogens is 310 g/mol. The normalized spacial score (nSPS) is 11.1. The van der Waals surface area contributed by atoms with E-state index < -0.39 is 5.60 Å². The number of amides is 1. The van der Waals surface area contributed by atoms with Crippen LogP contribution in [-0.2, 0) is 11.2 Å². The van der Waals surface area contributed by atoms with Crippen LogP contribution in [0.2, 0.25) is 5.02 Å². The summed E-state index contributed by atoms with van der Waals surface area (Å²) in [5.74, 6) is 0. The number of rotatable bonds is 4. The Morgan fingerprint density at radius 2 is 1.78 bits per heavy atom. The first-order valence-electron chi connectivity index (χ1n) is 7.65. The Morgan fingerprint density at radius 1 is 1.09 bits per heavy atom. The highest BCUT2D eigenvalue weighted by atomic mass is 35.5. The van der Waals surface area contributed by atoms with Gasteiger partial charge in [0.15, 0.2) is 0 Å². The highest BCUT2D eigenvalue weighted by Gasteiger charge is 2.15. The number of hydrogen-bond acceptors (Lipinski definition) is 2. The van der Waals surface area contributed by atoms with Crippen LogP contribution in [0.3, 0.4) is 0 Å². The molecule has 0 heterocycles. The van der Waals surface area contributed by atoms with E-state index in [1.54, 1.807) is 0 Å². The Kier molecular flexibility index (Phi) is 5.67. The van der Waals surface area contributed by atoms with Crippen molar-refractivity contribution in [3.05, 3.63) is 59.1 Å². The van der Waals surface area contributed by atoms with Crippen molar-refractivity contribution in [2.75, 3.05) is 6.54 Å². The summed E-state index contributed by atoms with van der Waals surface area (Å²) in [4.78, 5) is 11.6. The molecule has 0 aliphatic rings. The lowest BCUT2D eigenvalue weighted by molar-refractivity contribution is 0.0528. The third kappa shape index (κ3) is 5.95. The van der Waals surface area contributed by atoms with E-state index in [1.807, 2.05) is 45.0 Å². The van der Waals surface area contributed by atoms with Crippen LogP contribution in [0.5, 0.6) is 0 Å². The van der Waals surface area contributed by atoms with Gasteiger partial charge in [-0.3, -0.25) is 0 Å². The van der Waals surface area contributed by atoms with Gasteiger partial charge in [-0.2, -0.15) is 0 Å². The van der Waals surface area contributed by atoms with E-state index in [1.165, 1.54) is 0 Å². The average molecular weight is 332 g/mol. The predicted molar refractivity (Wildman–Crippen MR) is 94.8 cm³/mol. The Bertz CT molecular complexity index is 660. The highest BCUT2D eigenvalue weighted by Crippen LogP contribution is 2.23. The molecule has 0 saturated carbocycles. The summed E-state index contributed by atoms with van der Waals surface area (Å²) in [5, 5.41) is 3.49. The van der Waals surface area contributed by atoms with E-state index in [4.69, 9.17) is 16.3 Å². The van der Waals surface area contributed by atoms with Gasteiger partial charge < -0.3 is 10.1 Å². The summed E-state index contributed by atoms with van der Waals surface area (Å²) in [6, 6.07) is 16.0. The SMILES string of the molecule is CC(C)(C)OC(=O)NCCc1ccc(-c2cccc(Cl)c2)cc1. The quantitative estimate of drug-likeness (QED) is 0.849. The zero-order valence-electron chi connectivity index (χ0n) is 13.7. The lowest BCUT2D eigenvalue weighted by atomic mass is 10.0. The van der Waals surface area contributed by atoms with Crippen molar-refractivity contribution in [2.45, 2.75) is 32.8 Å². The van der Waals surface area contributed by atoms with Crippen LogP contribution in [0, 0.1) is 0 Å². The molecule has 0 aromatic heterocycles. The molecule has 2 rings (SSSR count). The van der Waals surface area contributed by atoms with Crippen molar-refractivity contribution in [1.29, 1.82) is 0 Å². The molecule has 4 heteroatoms. The van der Waals surface area contributed by atoms with Crippen LogP contribution in [0.4, 0.5) is 4.79 Å². The zero-order chi connectivity index (χ0) is 16.9. The molecule has 2 aromatic rings. The molecule has 0 saturated heterocycles. The molecule has 3 nitrogen and oxygen atoms in total. The largest absolute Gasteiger partial charge is 0.444 e. The Labute approximate surface area is 142 Å². The summed E-state index contributed by atoms with van der Waals surface area (Å²) in [6.07, 6.45) is 0.378. The molecule has 0 atom stereocenters. The fourth-order valence-corrected chi connectivity index (χ4v) is 2.35. The van der Waals surface area contributed by atoms with Crippen LogP contribution in [0.25, 0.3) is 11.1 Å². The summed E-state index contributed by atoms with van der Waals surface area (Å²) < 4.78 is 5.20. The average Bonchev–Trinajstić information content (AvgIpc) is 2.46. The minimum Gasteiger partial charge on any atom is -0.444 e. The van der Waals surface area contributed by atoms with E-state index >= 15 is 0 Å². The second-order valence-electron chi connectivity index (χ2n) is 6.39. The van der Waals surface area contributed by atoms with E-state index in [9.17, 15) is 4.79 Å². The molecule has 0 fully saturated rings. The number of hydrogen-bond donors (Lipinski definition) is 1. The topological polar surface area (TPSA) is 38.3 Å². The van der Waals surface area contributed by atoms with Gasteiger partial charge >= 0.3 is 6.09 Å². The fourth-order valence-electron chi connectivity index (χ4n) is 2.15. The molecule has 0 radical (unpaired) electrons. The Balaban J connectivity index is 1.87. The number of carbonyl (C=O) groups is 1. The van der Waals surface area contributed by atoms with E-state index in [-0.39, 0.29) is 6.09 Å². The van der Waals surface area contributed by atoms with Crippen LogP contribution in [0.15, 0.2) is 48.5 Å². The second-order valence-corrected chi connectivity index (χ2v) is 6.82. The first-order valence-corrected chi connectivity index (χ1v) is 8.03. The first-order chi connectivity index (χ1) is 10.8. The standard InChI is InChI=1S/C19H22ClNO2/c1-19(2,3)23-18(22)21-12-11-14-7-9-15(10-8-14)16-5-4-6-17(20)13-16/h4-10,13H,11-12H2,1-3H3,(H,21,22). The van der Waals surface area contributed by atoms with Gasteiger partial charge in [0.2, 0.25) is 0 Å². The van der Waals surface area contributed by atoms with Gasteiger partial charge in [0.05, 0.1) is 0 Å². The summed E-state index contributed by atoms with van der Waals surface area (Å²) >= 11 is 6.02. The molecule has 0 aliphatic carbocycles. The van der Waals surface area contributed by atoms with E-state index in [0.29, 0.717) is 6.54 Å². The Morgan fingerprint density at radius 3 is 2.39 bits per heavy atom. The predicted octanol–water partition coefficient (Wildman–Crippen LogP) is 5.07. The Hall–Kier alpha value is -2.00. The van der Waals surface area contributed by atoms with Gasteiger partial charge in [0, 0.05) is 11.6 Å². The number of alkyl carbamates (subject to hydrolysis) is 1. The summed E-state index contributed by atoms with van der Waals surface area (Å²) in [5.41, 5.74) is 2.90. The first kappa shape index (κ1) is 17.4. The van der Waals surface area contributed by atoms with Gasteiger partial charge in [0.25, 0.3) is 0 Å². The molecule has 0 unspecified atom stereocenters. The number of carbonyl (C=O) groups excluding carboxylic acids is 1. The number of nitrogens with one attached hydrogen (secondary N) is 1. The summed E-state index contributed by atoms with van der Waals surface area (Å²) in [6.45, 7) is 6.09. The lowest BCUT2D eigenvalue weighted by Gasteiger charge is -2.19. The monoisotopic (exact) mass is 331 g/mol. The smallest absolute Gasteiger partial charge is 0.407 e. The maximum Gasteiger partial charge on any atom is 0.407 e. The number of halogens is 1. The molecule has 122 valence electrons. The van der Waals surface area contributed by atoms with Gasteiger partial charge in [-0.05, 0) is 56.0 Å². The van der Waals surface area contributed by atoms with Crippen LogP contribution in [0.1, 0.15) is 26.3 Å². The third-order valence-electron chi connectivity index (χ3n) is 3.19.